The van der Waals surface area contributed by atoms with E-state index in [1.165, 1.54) is 0 Å². The van der Waals surface area contributed by atoms with Gasteiger partial charge in [-0.3, -0.25) is 0 Å². The summed E-state index contributed by atoms with van der Waals surface area (Å²) in [6, 6.07) is 0. The highest BCUT2D eigenvalue weighted by molar-refractivity contribution is 6.28. The predicted octanol–water partition coefficient (Wildman–Crippen LogP) is 3.49. The molecule has 1 rings (SSSR count). The van der Waals surface area contributed by atoms with Gasteiger partial charge in [-0.05, 0) is 23.4 Å². The number of nitrogens with zero attached hydrogens (tertiary/aromatic N) is 3. The van der Waals surface area contributed by atoms with Crippen LogP contribution in [0.5, 0.6) is 0 Å². The summed E-state index contributed by atoms with van der Waals surface area (Å²) in [5.41, 5.74) is 0.232. The van der Waals surface area contributed by atoms with Gasteiger partial charge in [0, 0.05) is 12.5 Å². The van der Waals surface area contributed by atoms with E-state index in [-0.39, 0.29) is 5.41 Å². The standard InChI is InChI=1S/C11H20ClN3/c1-6-11(4,5)7-15-9(8(2)3)13-14-10(15)12/h8H,6-7H2,1-5H3. The summed E-state index contributed by atoms with van der Waals surface area (Å²) in [5, 5.41) is 8.55. The van der Waals surface area contributed by atoms with E-state index in [9.17, 15) is 0 Å². The van der Waals surface area contributed by atoms with Crippen molar-refractivity contribution in [1.82, 2.24) is 14.8 Å². The molecule has 0 atom stereocenters. The SMILES string of the molecule is CCC(C)(C)Cn1c(Cl)nnc1C(C)C. The van der Waals surface area contributed by atoms with Crippen LogP contribution in [-0.2, 0) is 6.54 Å². The first-order valence-electron chi connectivity index (χ1n) is 5.46. The second-order valence-electron chi connectivity index (χ2n) is 5.09. The normalized spacial score (nSPS) is 12.5. The zero-order valence-electron chi connectivity index (χ0n) is 10.2. The molecule has 0 unspecified atom stereocenters. The lowest BCUT2D eigenvalue weighted by atomic mass is 9.90. The van der Waals surface area contributed by atoms with Gasteiger partial charge in [0.25, 0.3) is 0 Å². The van der Waals surface area contributed by atoms with Crippen molar-refractivity contribution >= 4 is 11.6 Å². The molecule has 1 aromatic rings. The first-order valence-corrected chi connectivity index (χ1v) is 5.84. The van der Waals surface area contributed by atoms with E-state index < -0.39 is 0 Å². The minimum Gasteiger partial charge on any atom is -0.301 e. The number of hydrogen-bond acceptors (Lipinski definition) is 2. The van der Waals surface area contributed by atoms with Crippen LogP contribution in [0.2, 0.25) is 5.28 Å². The molecular weight excluding hydrogens is 210 g/mol. The fraction of sp³-hybridized carbons (Fsp3) is 0.818. The third kappa shape index (κ3) is 2.94. The molecule has 0 aliphatic heterocycles. The van der Waals surface area contributed by atoms with E-state index in [0.717, 1.165) is 18.8 Å². The molecule has 0 fully saturated rings. The summed E-state index contributed by atoms with van der Waals surface area (Å²) >= 11 is 6.04. The van der Waals surface area contributed by atoms with Crippen molar-refractivity contribution in [2.75, 3.05) is 0 Å². The topological polar surface area (TPSA) is 30.7 Å². The summed E-state index contributed by atoms with van der Waals surface area (Å²) in [6.07, 6.45) is 1.11. The minimum atomic E-state index is 0.232. The molecule has 0 radical (unpaired) electrons. The highest BCUT2D eigenvalue weighted by atomic mass is 35.5. The van der Waals surface area contributed by atoms with Crippen molar-refractivity contribution in [3.63, 3.8) is 0 Å². The fourth-order valence-corrected chi connectivity index (χ4v) is 1.59. The van der Waals surface area contributed by atoms with Gasteiger partial charge in [0.05, 0.1) is 0 Å². The Morgan fingerprint density at radius 1 is 1.33 bits per heavy atom. The molecule has 15 heavy (non-hydrogen) atoms. The van der Waals surface area contributed by atoms with Gasteiger partial charge in [0.1, 0.15) is 5.82 Å². The largest absolute Gasteiger partial charge is 0.301 e. The summed E-state index contributed by atoms with van der Waals surface area (Å²) < 4.78 is 2.02. The molecule has 3 nitrogen and oxygen atoms in total. The van der Waals surface area contributed by atoms with Gasteiger partial charge in [0.15, 0.2) is 0 Å². The van der Waals surface area contributed by atoms with Crippen LogP contribution in [0.25, 0.3) is 0 Å². The van der Waals surface area contributed by atoms with Gasteiger partial charge in [-0.25, -0.2) is 0 Å². The van der Waals surface area contributed by atoms with Gasteiger partial charge in [-0.2, -0.15) is 0 Å². The number of halogens is 1. The third-order valence-electron chi connectivity index (χ3n) is 2.79. The van der Waals surface area contributed by atoms with Crippen LogP contribution in [0, 0.1) is 5.41 Å². The monoisotopic (exact) mass is 229 g/mol. The molecule has 86 valence electrons. The Balaban J connectivity index is 2.98. The molecule has 0 aliphatic carbocycles. The average Bonchev–Trinajstić information content (AvgIpc) is 2.48. The zero-order chi connectivity index (χ0) is 11.6. The van der Waals surface area contributed by atoms with Crippen LogP contribution >= 0.6 is 11.6 Å². The van der Waals surface area contributed by atoms with Gasteiger partial charge < -0.3 is 4.57 Å². The zero-order valence-corrected chi connectivity index (χ0v) is 11.0. The van der Waals surface area contributed by atoms with Crippen molar-refractivity contribution in [3.05, 3.63) is 11.1 Å². The van der Waals surface area contributed by atoms with E-state index in [0.29, 0.717) is 11.2 Å². The fourth-order valence-electron chi connectivity index (χ4n) is 1.41. The van der Waals surface area contributed by atoms with E-state index in [1.807, 2.05) is 4.57 Å². The Morgan fingerprint density at radius 2 is 1.93 bits per heavy atom. The molecule has 0 bridgehead atoms. The van der Waals surface area contributed by atoms with Crippen molar-refractivity contribution < 1.29 is 0 Å². The highest BCUT2D eigenvalue weighted by Crippen LogP contribution is 2.26. The van der Waals surface area contributed by atoms with Crippen LogP contribution in [0.4, 0.5) is 0 Å². The van der Waals surface area contributed by atoms with Gasteiger partial charge in [0.2, 0.25) is 5.28 Å². The Morgan fingerprint density at radius 3 is 2.40 bits per heavy atom. The molecule has 0 aliphatic rings. The molecule has 0 saturated carbocycles. The first-order chi connectivity index (χ1) is 6.87. The van der Waals surface area contributed by atoms with E-state index in [4.69, 9.17) is 11.6 Å². The maximum absolute atomic E-state index is 6.04. The second-order valence-corrected chi connectivity index (χ2v) is 5.42. The third-order valence-corrected chi connectivity index (χ3v) is 3.07. The predicted molar refractivity (Wildman–Crippen MR) is 63.2 cm³/mol. The van der Waals surface area contributed by atoms with Crippen molar-refractivity contribution in [1.29, 1.82) is 0 Å². The number of hydrogen-bond donors (Lipinski definition) is 0. The number of aromatic nitrogens is 3. The molecule has 4 heteroatoms. The van der Waals surface area contributed by atoms with Crippen LogP contribution < -0.4 is 0 Å². The summed E-state index contributed by atoms with van der Waals surface area (Å²) in [7, 11) is 0. The smallest absolute Gasteiger partial charge is 0.225 e. The average molecular weight is 230 g/mol. The quantitative estimate of drug-likeness (QED) is 0.791. The number of rotatable bonds is 4. The van der Waals surface area contributed by atoms with Gasteiger partial charge in [-0.1, -0.05) is 34.6 Å². The van der Waals surface area contributed by atoms with Crippen LogP contribution in [0.15, 0.2) is 0 Å². The Kier molecular flexibility index (Phi) is 3.77. The highest BCUT2D eigenvalue weighted by Gasteiger charge is 2.21. The summed E-state index contributed by atoms with van der Waals surface area (Å²) in [6.45, 7) is 11.7. The molecule has 1 heterocycles. The second kappa shape index (κ2) is 4.52. The molecule has 0 spiro atoms. The first kappa shape index (κ1) is 12.5. The van der Waals surface area contributed by atoms with Crippen LogP contribution in [-0.4, -0.2) is 14.8 Å². The lowest BCUT2D eigenvalue weighted by Gasteiger charge is -2.24. The van der Waals surface area contributed by atoms with Gasteiger partial charge >= 0.3 is 0 Å². The van der Waals surface area contributed by atoms with Crippen LogP contribution in [0.1, 0.15) is 52.8 Å². The Bertz CT molecular complexity index is 329. The van der Waals surface area contributed by atoms with Crippen LogP contribution in [0.3, 0.4) is 0 Å². The van der Waals surface area contributed by atoms with Gasteiger partial charge in [-0.15, -0.1) is 10.2 Å². The molecule has 1 aromatic heterocycles. The molecule has 0 N–H and O–H groups in total. The van der Waals surface area contributed by atoms with Crippen molar-refractivity contribution in [2.45, 2.75) is 53.5 Å². The Labute approximate surface area is 96.8 Å². The minimum absolute atomic E-state index is 0.232. The van der Waals surface area contributed by atoms with E-state index in [1.54, 1.807) is 0 Å². The van der Waals surface area contributed by atoms with E-state index >= 15 is 0 Å². The summed E-state index contributed by atoms with van der Waals surface area (Å²) in [5.74, 6) is 1.33. The molecule has 0 amide bonds. The molecule has 0 saturated heterocycles. The summed E-state index contributed by atoms with van der Waals surface area (Å²) in [4.78, 5) is 0. The van der Waals surface area contributed by atoms with E-state index in [2.05, 4.69) is 44.8 Å². The maximum atomic E-state index is 6.04. The van der Waals surface area contributed by atoms with Crippen molar-refractivity contribution in [3.8, 4) is 0 Å². The lowest BCUT2D eigenvalue weighted by molar-refractivity contribution is 0.289. The van der Waals surface area contributed by atoms with Crippen molar-refractivity contribution in [2.24, 2.45) is 5.41 Å². The Hall–Kier alpha value is -0.570. The molecule has 0 aromatic carbocycles. The lowest BCUT2D eigenvalue weighted by Crippen LogP contribution is -2.20. The molecular formula is C11H20ClN3. The maximum Gasteiger partial charge on any atom is 0.225 e.